The van der Waals surface area contributed by atoms with Crippen molar-refractivity contribution in [1.29, 1.82) is 0 Å². The quantitative estimate of drug-likeness (QED) is 0.769. The first-order chi connectivity index (χ1) is 8.56. The van der Waals surface area contributed by atoms with Crippen LogP contribution in [0.1, 0.15) is 44.7 Å². The molecule has 1 aromatic rings. The molecule has 1 aromatic carbocycles. The van der Waals surface area contributed by atoms with Crippen LogP contribution in [0.4, 0.5) is 4.39 Å². The zero-order valence-electron chi connectivity index (χ0n) is 12.1. The second kappa shape index (κ2) is 7.52. The molecule has 1 N–H and O–H groups in total. The fraction of sp³-hybridized carbons (Fsp3) is 0.625. The summed E-state index contributed by atoms with van der Waals surface area (Å²) >= 11 is 0. The number of likely N-dealkylation sites (N-methyl/N-ethyl adjacent to an activating group) is 1. The van der Waals surface area contributed by atoms with E-state index in [0.717, 1.165) is 24.4 Å². The maximum atomic E-state index is 13.1. The Labute approximate surface area is 111 Å². The SMILES string of the molecule is CCNC(Cc1ccc(F)cc1C)CC(C)CC. The molecule has 0 aliphatic rings. The van der Waals surface area contributed by atoms with Gasteiger partial charge in [0, 0.05) is 6.04 Å². The van der Waals surface area contributed by atoms with E-state index in [1.165, 1.54) is 18.4 Å². The highest BCUT2D eigenvalue weighted by atomic mass is 19.1. The summed E-state index contributed by atoms with van der Waals surface area (Å²) in [4.78, 5) is 0. The average Bonchev–Trinajstić information content (AvgIpc) is 2.32. The van der Waals surface area contributed by atoms with Crippen LogP contribution in [-0.4, -0.2) is 12.6 Å². The molecule has 0 spiro atoms. The van der Waals surface area contributed by atoms with E-state index in [1.54, 1.807) is 12.1 Å². The van der Waals surface area contributed by atoms with Crippen molar-refractivity contribution in [2.75, 3.05) is 6.54 Å². The Bertz CT molecular complexity index is 362. The van der Waals surface area contributed by atoms with E-state index in [1.807, 2.05) is 13.0 Å². The van der Waals surface area contributed by atoms with Gasteiger partial charge in [0.25, 0.3) is 0 Å². The Morgan fingerprint density at radius 3 is 2.56 bits per heavy atom. The minimum atomic E-state index is -0.141. The van der Waals surface area contributed by atoms with Crippen LogP contribution in [-0.2, 0) is 6.42 Å². The zero-order valence-corrected chi connectivity index (χ0v) is 12.1. The van der Waals surface area contributed by atoms with Gasteiger partial charge in [0.05, 0.1) is 0 Å². The standard InChI is InChI=1S/C16H26FN/c1-5-12(3)9-16(18-6-2)11-14-7-8-15(17)10-13(14)4/h7-8,10,12,16,18H,5-6,9,11H2,1-4H3. The molecular formula is C16H26FN. The molecule has 2 unspecified atom stereocenters. The highest BCUT2D eigenvalue weighted by Crippen LogP contribution is 2.17. The van der Waals surface area contributed by atoms with Crippen molar-refractivity contribution >= 4 is 0 Å². The van der Waals surface area contributed by atoms with Crippen LogP contribution in [0.2, 0.25) is 0 Å². The van der Waals surface area contributed by atoms with Gasteiger partial charge >= 0.3 is 0 Å². The van der Waals surface area contributed by atoms with E-state index in [0.29, 0.717) is 6.04 Å². The van der Waals surface area contributed by atoms with E-state index >= 15 is 0 Å². The molecule has 0 aromatic heterocycles. The zero-order chi connectivity index (χ0) is 13.5. The van der Waals surface area contributed by atoms with Crippen molar-refractivity contribution in [3.63, 3.8) is 0 Å². The first-order valence-corrected chi connectivity index (χ1v) is 7.05. The lowest BCUT2D eigenvalue weighted by molar-refractivity contribution is 0.396. The molecule has 0 aliphatic carbocycles. The molecule has 0 amide bonds. The molecule has 2 heteroatoms. The van der Waals surface area contributed by atoms with Crippen molar-refractivity contribution in [3.05, 3.63) is 35.1 Å². The first-order valence-electron chi connectivity index (χ1n) is 7.05. The van der Waals surface area contributed by atoms with Gasteiger partial charge in [-0.1, -0.05) is 33.3 Å². The van der Waals surface area contributed by atoms with E-state index in [9.17, 15) is 4.39 Å². The molecule has 0 heterocycles. The lowest BCUT2D eigenvalue weighted by Crippen LogP contribution is -2.32. The molecule has 102 valence electrons. The van der Waals surface area contributed by atoms with Crippen LogP contribution in [0.15, 0.2) is 18.2 Å². The second-order valence-electron chi connectivity index (χ2n) is 5.28. The Kier molecular flexibility index (Phi) is 6.34. The van der Waals surface area contributed by atoms with Crippen LogP contribution in [0.3, 0.4) is 0 Å². The molecule has 0 fully saturated rings. The number of aryl methyl sites for hydroxylation is 1. The van der Waals surface area contributed by atoms with Gasteiger partial charge < -0.3 is 5.32 Å². The summed E-state index contributed by atoms with van der Waals surface area (Å²) in [7, 11) is 0. The van der Waals surface area contributed by atoms with Crippen molar-refractivity contribution in [2.45, 2.75) is 53.0 Å². The fourth-order valence-electron chi connectivity index (χ4n) is 2.33. The molecule has 1 nitrogen and oxygen atoms in total. The Morgan fingerprint density at radius 2 is 2.00 bits per heavy atom. The van der Waals surface area contributed by atoms with Gasteiger partial charge in [-0.05, 0) is 55.5 Å². The Morgan fingerprint density at radius 1 is 1.28 bits per heavy atom. The molecule has 18 heavy (non-hydrogen) atoms. The number of hydrogen-bond donors (Lipinski definition) is 1. The predicted molar refractivity (Wildman–Crippen MR) is 76.4 cm³/mol. The third kappa shape index (κ3) is 4.77. The van der Waals surface area contributed by atoms with Crippen molar-refractivity contribution in [2.24, 2.45) is 5.92 Å². The topological polar surface area (TPSA) is 12.0 Å². The van der Waals surface area contributed by atoms with E-state index in [-0.39, 0.29) is 5.82 Å². The van der Waals surface area contributed by atoms with Crippen LogP contribution in [0.5, 0.6) is 0 Å². The monoisotopic (exact) mass is 251 g/mol. The summed E-state index contributed by atoms with van der Waals surface area (Å²) < 4.78 is 13.1. The van der Waals surface area contributed by atoms with Gasteiger partial charge in [-0.15, -0.1) is 0 Å². The summed E-state index contributed by atoms with van der Waals surface area (Å²) in [6.07, 6.45) is 3.38. The Hall–Kier alpha value is -0.890. The lowest BCUT2D eigenvalue weighted by atomic mass is 9.93. The van der Waals surface area contributed by atoms with E-state index in [4.69, 9.17) is 0 Å². The van der Waals surface area contributed by atoms with Gasteiger partial charge in [-0.2, -0.15) is 0 Å². The van der Waals surface area contributed by atoms with Crippen molar-refractivity contribution in [1.82, 2.24) is 5.32 Å². The number of nitrogens with one attached hydrogen (secondary N) is 1. The summed E-state index contributed by atoms with van der Waals surface area (Å²) in [6.45, 7) is 9.64. The third-order valence-corrected chi connectivity index (χ3v) is 3.65. The van der Waals surface area contributed by atoms with Gasteiger partial charge in [-0.25, -0.2) is 4.39 Å². The van der Waals surface area contributed by atoms with Crippen molar-refractivity contribution in [3.8, 4) is 0 Å². The normalized spacial score (nSPS) is 14.5. The van der Waals surface area contributed by atoms with Gasteiger partial charge in [-0.3, -0.25) is 0 Å². The summed E-state index contributed by atoms with van der Waals surface area (Å²) in [5.74, 6) is 0.591. The maximum absolute atomic E-state index is 13.1. The smallest absolute Gasteiger partial charge is 0.123 e. The van der Waals surface area contributed by atoms with Gasteiger partial charge in [0.1, 0.15) is 5.82 Å². The van der Waals surface area contributed by atoms with Crippen LogP contribution >= 0.6 is 0 Å². The molecule has 0 radical (unpaired) electrons. The number of rotatable bonds is 7. The third-order valence-electron chi connectivity index (χ3n) is 3.65. The predicted octanol–water partition coefficient (Wildman–Crippen LogP) is 4.09. The number of benzene rings is 1. The molecular weight excluding hydrogens is 225 g/mol. The summed E-state index contributed by atoms with van der Waals surface area (Å²) in [5.41, 5.74) is 2.31. The van der Waals surface area contributed by atoms with Gasteiger partial charge in [0.2, 0.25) is 0 Å². The van der Waals surface area contributed by atoms with Gasteiger partial charge in [0.15, 0.2) is 0 Å². The van der Waals surface area contributed by atoms with Crippen molar-refractivity contribution < 1.29 is 4.39 Å². The van der Waals surface area contributed by atoms with E-state index in [2.05, 4.69) is 26.1 Å². The van der Waals surface area contributed by atoms with Crippen LogP contribution in [0, 0.1) is 18.7 Å². The van der Waals surface area contributed by atoms with Crippen LogP contribution < -0.4 is 5.32 Å². The average molecular weight is 251 g/mol. The minimum absolute atomic E-state index is 0.141. The Balaban J connectivity index is 2.69. The molecule has 2 atom stereocenters. The molecule has 0 saturated carbocycles. The number of hydrogen-bond acceptors (Lipinski definition) is 1. The fourth-order valence-corrected chi connectivity index (χ4v) is 2.33. The van der Waals surface area contributed by atoms with E-state index < -0.39 is 0 Å². The highest BCUT2D eigenvalue weighted by molar-refractivity contribution is 5.27. The molecule has 1 rings (SSSR count). The second-order valence-corrected chi connectivity index (χ2v) is 5.28. The summed E-state index contributed by atoms with van der Waals surface area (Å²) in [6, 6.07) is 5.61. The minimum Gasteiger partial charge on any atom is -0.314 e. The summed E-state index contributed by atoms with van der Waals surface area (Å²) in [5, 5.41) is 3.54. The maximum Gasteiger partial charge on any atom is 0.123 e. The van der Waals surface area contributed by atoms with Crippen LogP contribution in [0.25, 0.3) is 0 Å². The largest absolute Gasteiger partial charge is 0.314 e. The molecule has 0 saturated heterocycles. The molecule has 0 bridgehead atoms. The first kappa shape index (κ1) is 15.2. The molecule has 0 aliphatic heterocycles. The number of halogens is 1. The lowest BCUT2D eigenvalue weighted by Gasteiger charge is -2.22. The highest BCUT2D eigenvalue weighted by Gasteiger charge is 2.13.